The topological polar surface area (TPSA) is 23.5 Å². The van der Waals surface area contributed by atoms with E-state index in [-0.39, 0.29) is 6.10 Å². The Labute approximate surface area is 93.7 Å². The zero-order valence-electron chi connectivity index (χ0n) is 8.57. The summed E-state index contributed by atoms with van der Waals surface area (Å²) in [7, 11) is 1.99. The number of anilines is 1. The normalized spacial score (nSPS) is 12.6. The van der Waals surface area contributed by atoms with Gasteiger partial charge < -0.3 is 10.0 Å². The van der Waals surface area contributed by atoms with Gasteiger partial charge in [-0.2, -0.15) is 0 Å². The number of halogens is 1. The number of aryl methyl sites for hydroxylation is 1. The average Bonchev–Trinajstić information content (AvgIpc) is 2.17. The Balaban J connectivity index is 2.64. The molecule has 1 unspecified atom stereocenters. The lowest BCUT2D eigenvalue weighted by atomic mass is 10.2. The van der Waals surface area contributed by atoms with Crippen LogP contribution in [0.1, 0.15) is 5.56 Å². The molecule has 1 atom stereocenters. The van der Waals surface area contributed by atoms with Crippen molar-refractivity contribution >= 4 is 21.6 Å². The smallest absolute Gasteiger partial charge is 0.0811 e. The summed E-state index contributed by atoms with van der Waals surface area (Å²) in [5.41, 5.74) is 2.38. The summed E-state index contributed by atoms with van der Waals surface area (Å²) in [6.07, 6.45) is -0.319. The summed E-state index contributed by atoms with van der Waals surface area (Å²) in [5, 5.41) is 10.1. The Morgan fingerprint density at radius 3 is 2.79 bits per heavy atom. The lowest BCUT2D eigenvalue weighted by Crippen LogP contribution is -2.29. The van der Waals surface area contributed by atoms with Crippen LogP contribution in [0.2, 0.25) is 0 Å². The van der Waals surface area contributed by atoms with Crippen LogP contribution in [0.5, 0.6) is 0 Å². The van der Waals surface area contributed by atoms with Crippen molar-refractivity contribution in [3.63, 3.8) is 0 Å². The van der Waals surface area contributed by atoms with Crippen LogP contribution in [0.3, 0.4) is 0 Å². The number of rotatable bonds is 4. The molecule has 0 bridgehead atoms. The van der Waals surface area contributed by atoms with E-state index in [1.165, 1.54) is 5.56 Å². The first-order valence-electron chi connectivity index (χ1n) is 4.65. The lowest BCUT2D eigenvalue weighted by molar-refractivity contribution is 0.207. The second-order valence-electron chi connectivity index (χ2n) is 3.53. The Kier molecular flexibility index (Phi) is 4.42. The Morgan fingerprint density at radius 1 is 1.50 bits per heavy atom. The largest absolute Gasteiger partial charge is 0.390 e. The van der Waals surface area contributed by atoms with Gasteiger partial charge in [0.25, 0.3) is 0 Å². The maximum absolute atomic E-state index is 9.47. The van der Waals surface area contributed by atoms with E-state index in [9.17, 15) is 5.11 Å². The number of hydrogen-bond donors (Lipinski definition) is 1. The molecule has 0 radical (unpaired) electrons. The SMILES string of the molecule is Cc1cccc(N(C)CC(O)CBr)c1. The molecule has 2 nitrogen and oxygen atoms in total. The third-order valence-corrected chi connectivity index (χ3v) is 2.85. The van der Waals surface area contributed by atoms with Crippen LogP contribution in [-0.4, -0.2) is 30.1 Å². The highest BCUT2D eigenvalue weighted by molar-refractivity contribution is 9.09. The van der Waals surface area contributed by atoms with E-state index >= 15 is 0 Å². The van der Waals surface area contributed by atoms with Gasteiger partial charge in [0.05, 0.1) is 6.10 Å². The molecule has 0 aliphatic heterocycles. The van der Waals surface area contributed by atoms with E-state index in [0.717, 1.165) is 5.69 Å². The molecule has 1 aromatic carbocycles. The second kappa shape index (κ2) is 5.37. The van der Waals surface area contributed by atoms with Gasteiger partial charge in [-0.15, -0.1) is 0 Å². The predicted octanol–water partition coefficient (Wildman–Crippen LogP) is 2.19. The number of nitrogens with zero attached hydrogens (tertiary/aromatic N) is 1. The van der Waals surface area contributed by atoms with E-state index in [0.29, 0.717) is 11.9 Å². The van der Waals surface area contributed by atoms with E-state index in [1.54, 1.807) is 0 Å². The first-order chi connectivity index (χ1) is 6.63. The van der Waals surface area contributed by atoms with Crippen LogP contribution in [0, 0.1) is 6.92 Å². The molecule has 0 heterocycles. The molecular formula is C11H16BrNO. The summed E-state index contributed by atoms with van der Waals surface area (Å²) in [6.45, 7) is 2.72. The molecule has 78 valence electrons. The first kappa shape index (κ1) is 11.5. The third-order valence-electron chi connectivity index (χ3n) is 2.11. The van der Waals surface area contributed by atoms with Crippen LogP contribution in [0.25, 0.3) is 0 Å². The van der Waals surface area contributed by atoms with Gasteiger partial charge in [0.1, 0.15) is 0 Å². The van der Waals surface area contributed by atoms with Crippen molar-refractivity contribution in [1.29, 1.82) is 0 Å². The van der Waals surface area contributed by atoms with E-state index in [1.807, 2.05) is 19.2 Å². The molecule has 0 saturated heterocycles. The molecule has 14 heavy (non-hydrogen) atoms. The van der Waals surface area contributed by atoms with Crippen molar-refractivity contribution in [3.8, 4) is 0 Å². The number of hydrogen-bond acceptors (Lipinski definition) is 2. The van der Waals surface area contributed by atoms with E-state index in [2.05, 4.69) is 39.9 Å². The van der Waals surface area contributed by atoms with Crippen LogP contribution >= 0.6 is 15.9 Å². The highest BCUT2D eigenvalue weighted by Gasteiger charge is 2.06. The zero-order chi connectivity index (χ0) is 10.6. The summed E-state index contributed by atoms with van der Waals surface area (Å²) >= 11 is 3.25. The molecule has 0 fully saturated rings. The molecule has 0 aliphatic carbocycles. The second-order valence-corrected chi connectivity index (χ2v) is 4.18. The average molecular weight is 258 g/mol. The molecule has 1 rings (SSSR count). The maximum Gasteiger partial charge on any atom is 0.0811 e. The Hall–Kier alpha value is -0.540. The van der Waals surface area contributed by atoms with Crippen LogP contribution in [-0.2, 0) is 0 Å². The fourth-order valence-electron chi connectivity index (χ4n) is 1.34. The van der Waals surface area contributed by atoms with Gasteiger partial charge in [-0.3, -0.25) is 0 Å². The molecule has 0 saturated carbocycles. The molecule has 0 amide bonds. The molecule has 0 aliphatic rings. The number of alkyl halides is 1. The summed E-state index contributed by atoms with van der Waals surface area (Å²) in [4.78, 5) is 2.05. The minimum Gasteiger partial charge on any atom is -0.390 e. The number of aliphatic hydroxyl groups is 1. The van der Waals surface area contributed by atoms with Crippen molar-refractivity contribution in [2.75, 3.05) is 23.8 Å². The summed E-state index contributed by atoms with van der Waals surface area (Å²) < 4.78 is 0. The molecule has 1 aromatic rings. The van der Waals surface area contributed by atoms with Gasteiger partial charge >= 0.3 is 0 Å². The minimum atomic E-state index is -0.319. The van der Waals surface area contributed by atoms with Gasteiger partial charge in [-0.1, -0.05) is 28.1 Å². The van der Waals surface area contributed by atoms with Crippen molar-refractivity contribution in [2.24, 2.45) is 0 Å². The Bertz CT molecular complexity index is 290. The van der Waals surface area contributed by atoms with Gasteiger partial charge in [0, 0.05) is 24.6 Å². The van der Waals surface area contributed by atoms with Crippen LogP contribution in [0.4, 0.5) is 5.69 Å². The maximum atomic E-state index is 9.47. The van der Waals surface area contributed by atoms with Gasteiger partial charge in [-0.25, -0.2) is 0 Å². The van der Waals surface area contributed by atoms with Crippen LogP contribution in [0.15, 0.2) is 24.3 Å². The molecular weight excluding hydrogens is 242 g/mol. The summed E-state index contributed by atoms with van der Waals surface area (Å²) in [6, 6.07) is 8.26. The fraction of sp³-hybridized carbons (Fsp3) is 0.455. The van der Waals surface area contributed by atoms with Gasteiger partial charge in [-0.05, 0) is 24.6 Å². The van der Waals surface area contributed by atoms with Crippen molar-refractivity contribution in [2.45, 2.75) is 13.0 Å². The monoisotopic (exact) mass is 257 g/mol. The standard InChI is InChI=1S/C11H16BrNO/c1-9-4-3-5-10(6-9)13(2)8-11(14)7-12/h3-6,11,14H,7-8H2,1-2H3. The molecule has 1 N–H and O–H groups in total. The highest BCUT2D eigenvalue weighted by Crippen LogP contribution is 2.14. The molecule has 0 aromatic heterocycles. The molecule has 0 spiro atoms. The van der Waals surface area contributed by atoms with Crippen molar-refractivity contribution < 1.29 is 5.11 Å². The number of aliphatic hydroxyl groups excluding tert-OH is 1. The van der Waals surface area contributed by atoms with E-state index in [4.69, 9.17) is 0 Å². The van der Waals surface area contributed by atoms with Crippen LogP contribution < -0.4 is 4.90 Å². The minimum absolute atomic E-state index is 0.319. The first-order valence-corrected chi connectivity index (χ1v) is 5.77. The third kappa shape index (κ3) is 3.31. The fourth-order valence-corrected chi connectivity index (χ4v) is 1.54. The Morgan fingerprint density at radius 2 is 2.21 bits per heavy atom. The number of benzene rings is 1. The lowest BCUT2D eigenvalue weighted by Gasteiger charge is -2.22. The van der Waals surface area contributed by atoms with Gasteiger partial charge in [0.15, 0.2) is 0 Å². The van der Waals surface area contributed by atoms with E-state index < -0.39 is 0 Å². The summed E-state index contributed by atoms with van der Waals surface area (Å²) in [5.74, 6) is 0. The molecule has 3 heteroatoms. The van der Waals surface area contributed by atoms with Crippen molar-refractivity contribution in [3.05, 3.63) is 29.8 Å². The number of likely N-dealkylation sites (N-methyl/N-ethyl adjacent to an activating group) is 1. The quantitative estimate of drug-likeness (QED) is 0.837. The van der Waals surface area contributed by atoms with Crippen molar-refractivity contribution in [1.82, 2.24) is 0 Å². The zero-order valence-corrected chi connectivity index (χ0v) is 10.2. The predicted molar refractivity (Wildman–Crippen MR) is 64.2 cm³/mol. The van der Waals surface area contributed by atoms with Gasteiger partial charge in [0.2, 0.25) is 0 Å². The highest BCUT2D eigenvalue weighted by atomic mass is 79.9.